The number of benzene rings is 2. The Morgan fingerprint density at radius 3 is 2.54 bits per heavy atom. The fourth-order valence-corrected chi connectivity index (χ4v) is 4.51. The Labute approximate surface area is 227 Å². The molecule has 1 saturated heterocycles. The standard InChI is InChI=1S/C26H27F2IN4O4/c1-36-25-31-13-18(14-32-25)21-12-17(4-8-23(21)33-11-10-19(34)15-33)24(35)9-7-22(30)16-2-5-20(6-3-16)37-26(27,28)29/h2-6,8,12-14,19,22,34H,7,9-11,15,30H2,1H3/t19-,22?/m1/s1. The number of aromatic nitrogens is 2. The van der Waals surface area contributed by atoms with Gasteiger partial charge in [-0.15, -0.1) is 0 Å². The molecular formula is C26H27F2IN4O4. The molecule has 1 aliphatic rings. The highest BCUT2D eigenvalue weighted by atomic mass is 127. The molecule has 0 radical (unpaired) electrons. The first-order valence-corrected chi connectivity index (χ1v) is 12.8. The number of rotatable bonds is 10. The Balaban J connectivity index is 1.49. The van der Waals surface area contributed by atoms with Gasteiger partial charge in [0.25, 0.3) is 0 Å². The van der Waals surface area contributed by atoms with Gasteiger partial charge in [0.1, 0.15) is 5.75 Å². The Morgan fingerprint density at radius 1 is 1.24 bits per heavy atom. The predicted molar refractivity (Wildman–Crippen MR) is 143 cm³/mol. The van der Waals surface area contributed by atoms with Gasteiger partial charge in [0, 0.05) is 60.3 Å². The van der Waals surface area contributed by atoms with Gasteiger partial charge in [-0.3, -0.25) is 4.79 Å². The van der Waals surface area contributed by atoms with Gasteiger partial charge >= 0.3 is 10.1 Å². The summed E-state index contributed by atoms with van der Waals surface area (Å²) in [6.45, 7) is 1.21. The molecule has 1 fully saturated rings. The summed E-state index contributed by atoms with van der Waals surface area (Å²) in [6.07, 6.45) is 4.13. The van der Waals surface area contributed by atoms with Crippen LogP contribution >= 0.6 is 22.6 Å². The van der Waals surface area contributed by atoms with E-state index in [1.807, 2.05) is 12.1 Å². The maximum Gasteiger partial charge on any atom is 0.451 e. The molecule has 0 bridgehead atoms. The summed E-state index contributed by atoms with van der Waals surface area (Å²) in [7, 11) is 1.49. The van der Waals surface area contributed by atoms with E-state index in [4.69, 9.17) is 10.5 Å². The van der Waals surface area contributed by atoms with Crippen molar-refractivity contribution in [3.63, 3.8) is 0 Å². The van der Waals surface area contributed by atoms with E-state index in [0.717, 1.165) is 45.0 Å². The number of aliphatic hydroxyl groups is 1. The summed E-state index contributed by atoms with van der Waals surface area (Å²) in [5.74, 6) is -0.0456. The second-order valence-electron chi connectivity index (χ2n) is 8.76. The molecule has 196 valence electrons. The first kappa shape index (κ1) is 27.1. The molecule has 8 nitrogen and oxygen atoms in total. The average molecular weight is 624 g/mol. The van der Waals surface area contributed by atoms with E-state index in [2.05, 4.69) is 19.6 Å². The lowest BCUT2D eigenvalue weighted by Gasteiger charge is -2.22. The van der Waals surface area contributed by atoms with E-state index in [0.29, 0.717) is 31.5 Å². The monoisotopic (exact) mass is 624 g/mol. The molecule has 1 unspecified atom stereocenters. The number of carbonyl (C=O) groups is 1. The number of methoxy groups -OCH3 is 1. The van der Waals surface area contributed by atoms with E-state index in [9.17, 15) is 18.7 Å². The van der Waals surface area contributed by atoms with Crippen LogP contribution in [0.2, 0.25) is 0 Å². The van der Waals surface area contributed by atoms with Crippen molar-refractivity contribution in [3.8, 4) is 22.9 Å². The van der Waals surface area contributed by atoms with Crippen molar-refractivity contribution in [2.45, 2.75) is 35.5 Å². The smallest absolute Gasteiger partial charge is 0.451 e. The van der Waals surface area contributed by atoms with Gasteiger partial charge in [0.2, 0.25) is 0 Å². The number of β-amino-alcohol motifs (C(OH)–C–C–N with tert-alkyl or cyclic N) is 1. The molecule has 3 aromatic rings. The second-order valence-corrected chi connectivity index (χ2v) is 10.0. The normalized spacial score (nSPS) is 16.5. The molecule has 2 aromatic carbocycles. The third-order valence-electron chi connectivity index (χ3n) is 6.17. The lowest BCUT2D eigenvalue weighted by atomic mass is 9.96. The Morgan fingerprint density at radius 2 is 1.95 bits per heavy atom. The van der Waals surface area contributed by atoms with Crippen LogP contribution in [0.3, 0.4) is 0 Å². The highest BCUT2D eigenvalue weighted by Crippen LogP contribution is 2.34. The zero-order valence-corrected chi connectivity index (χ0v) is 22.3. The molecule has 3 N–H and O–H groups in total. The van der Waals surface area contributed by atoms with Crippen molar-refractivity contribution >= 4 is 34.1 Å². The number of Topliss-reactive ketones (excluding diaryl/α,β-unsaturated/α-hetero) is 1. The molecule has 0 aliphatic carbocycles. The van der Waals surface area contributed by atoms with Crippen molar-refractivity contribution in [3.05, 3.63) is 66.0 Å². The van der Waals surface area contributed by atoms with E-state index in [1.54, 1.807) is 30.6 Å². The van der Waals surface area contributed by atoms with Gasteiger partial charge in [-0.2, -0.15) is 8.78 Å². The van der Waals surface area contributed by atoms with Crippen LogP contribution in [-0.4, -0.2) is 51.3 Å². The number of hydrogen-bond donors (Lipinski definition) is 2. The van der Waals surface area contributed by atoms with Crippen LogP contribution in [0.1, 0.15) is 41.2 Å². The lowest BCUT2D eigenvalue weighted by molar-refractivity contribution is -0.0691. The van der Waals surface area contributed by atoms with Crippen LogP contribution in [-0.2, 0) is 0 Å². The first-order chi connectivity index (χ1) is 17.6. The zero-order valence-electron chi connectivity index (χ0n) is 20.1. The van der Waals surface area contributed by atoms with E-state index < -0.39 is 16.3 Å². The molecule has 0 spiro atoms. The SMILES string of the molecule is COc1ncc(-c2cc(C(=O)CCC(N)c3ccc(OC(F)(F)I)cc3)ccc2N2CC[C@@H](O)C2)cn1. The second kappa shape index (κ2) is 11.7. The number of ether oxygens (including phenoxy) is 2. The number of carbonyl (C=O) groups excluding carboxylic acids is 1. The summed E-state index contributed by atoms with van der Waals surface area (Å²) < 4.78 is 32.3. The minimum atomic E-state index is -3.30. The van der Waals surface area contributed by atoms with Crippen LogP contribution in [0.15, 0.2) is 54.9 Å². The fourth-order valence-electron chi connectivity index (χ4n) is 4.25. The molecule has 37 heavy (non-hydrogen) atoms. The predicted octanol–water partition coefficient (Wildman–Crippen LogP) is 4.75. The number of halogens is 3. The number of anilines is 1. The molecule has 4 rings (SSSR count). The van der Waals surface area contributed by atoms with Gasteiger partial charge < -0.3 is 25.2 Å². The molecule has 0 amide bonds. The van der Waals surface area contributed by atoms with E-state index >= 15 is 0 Å². The van der Waals surface area contributed by atoms with Crippen molar-refractivity contribution in [1.29, 1.82) is 0 Å². The number of hydrogen-bond acceptors (Lipinski definition) is 8. The van der Waals surface area contributed by atoms with Crippen LogP contribution in [0.5, 0.6) is 11.8 Å². The van der Waals surface area contributed by atoms with Crippen LogP contribution in [0, 0.1) is 0 Å². The van der Waals surface area contributed by atoms with E-state index in [-0.39, 0.29) is 24.0 Å². The number of alkyl halides is 3. The van der Waals surface area contributed by atoms with Crippen molar-refractivity contribution in [2.75, 3.05) is 25.1 Å². The summed E-state index contributed by atoms with van der Waals surface area (Å²) in [5.41, 5.74) is 9.91. The van der Waals surface area contributed by atoms with Crippen molar-refractivity contribution < 1.29 is 28.2 Å². The van der Waals surface area contributed by atoms with Crippen LogP contribution < -0.4 is 20.1 Å². The summed E-state index contributed by atoms with van der Waals surface area (Å²) >= 11 is 0.907. The molecule has 1 aromatic heterocycles. The fraction of sp³-hybridized carbons (Fsp3) is 0.346. The Hall–Kier alpha value is -2.90. The van der Waals surface area contributed by atoms with Gasteiger partial charge in [0.05, 0.1) is 35.8 Å². The molecule has 2 atom stereocenters. The molecule has 1 aliphatic heterocycles. The Kier molecular flexibility index (Phi) is 8.55. The Bertz CT molecular complexity index is 1220. The van der Waals surface area contributed by atoms with Crippen molar-refractivity contribution in [1.82, 2.24) is 9.97 Å². The maximum atomic E-state index is 13.1. The molecule has 0 saturated carbocycles. The van der Waals surface area contributed by atoms with Gasteiger partial charge in [-0.1, -0.05) is 12.1 Å². The molecule has 11 heteroatoms. The quantitative estimate of drug-likeness (QED) is 0.189. The van der Waals surface area contributed by atoms with Gasteiger partial charge in [0.15, 0.2) is 5.78 Å². The van der Waals surface area contributed by atoms with Gasteiger partial charge in [-0.25, -0.2) is 9.97 Å². The summed E-state index contributed by atoms with van der Waals surface area (Å²) in [6, 6.07) is 11.4. The highest BCUT2D eigenvalue weighted by molar-refractivity contribution is 14.1. The maximum absolute atomic E-state index is 13.1. The topological polar surface area (TPSA) is 111 Å². The number of ketones is 1. The van der Waals surface area contributed by atoms with Crippen LogP contribution in [0.4, 0.5) is 14.5 Å². The minimum Gasteiger partial charge on any atom is -0.467 e. The largest absolute Gasteiger partial charge is 0.467 e. The van der Waals surface area contributed by atoms with Gasteiger partial charge in [-0.05, 0) is 48.7 Å². The number of nitrogens with two attached hydrogens (primary N) is 1. The third kappa shape index (κ3) is 7.11. The van der Waals surface area contributed by atoms with Crippen molar-refractivity contribution in [2.24, 2.45) is 5.73 Å². The zero-order chi connectivity index (χ0) is 26.6. The molecule has 2 heterocycles. The highest BCUT2D eigenvalue weighted by Gasteiger charge is 2.26. The number of nitrogens with zero attached hydrogens (tertiary/aromatic N) is 3. The van der Waals surface area contributed by atoms with Crippen LogP contribution in [0.25, 0.3) is 11.1 Å². The summed E-state index contributed by atoms with van der Waals surface area (Å²) in [5, 5.41) is 10.0. The minimum absolute atomic E-state index is 0.0343. The first-order valence-electron chi connectivity index (χ1n) is 11.7. The molecular weight excluding hydrogens is 597 g/mol. The number of aliphatic hydroxyl groups excluding tert-OH is 1. The average Bonchev–Trinajstić information content (AvgIpc) is 3.32. The summed E-state index contributed by atoms with van der Waals surface area (Å²) in [4.78, 5) is 23.6. The lowest BCUT2D eigenvalue weighted by Crippen LogP contribution is -2.22. The van der Waals surface area contributed by atoms with E-state index in [1.165, 1.54) is 19.2 Å². The third-order valence-corrected chi connectivity index (χ3v) is 6.39.